The lowest BCUT2D eigenvalue weighted by Gasteiger charge is -2.11. The van der Waals surface area contributed by atoms with E-state index in [4.69, 9.17) is 0 Å². The van der Waals surface area contributed by atoms with E-state index in [2.05, 4.69) is 39.4 Å². The minimum Gasteiger partial charge on any atom is -0.357 e. The van der Waals surface area contributed by atoms with Crippen LogP contribution in [0.2, 0.25) is 0 Å². The van der Waals surface area contributed by atoms with Crippen LogP contribution >= 0.6 is 35.3 Å². The molecule has 6 nitrogen and oxygen atoms in total. The maximum absolute atomic E-state index is 11.3. The zero-order chi connectivity index (χ0) is 16.4. The van der Waals surface area contributed by atoms with E-state index in [-0.39, 0.29) is 29.7 Å². The Hall–Kier alpha value is -0.390. The number of sulfonamides is 1. The van der Waals surface area contributed by atoms with Crippen molar-refractivity contribution in [1.82, 2.24) is 15.4 Å². The van der Waals surface area contributed by atoms with Gasteiger partial charge in [0.25, 0.3) is 0 Å². The first-order chi connectivity index (χ1) is 10.5. The fraction of sp³-hybridized carbons (Fsp3) is 0.643. The number of aryl methyl sites for hydroxylation is 1. The highest BCUT2D eigenvalue weighted by atomic mass is 127. The Morgan fingerprint density at radius 3 is 2.52 bits per heavy atom. The number of nitrogens with zero attached hydrogens (tertiary/aromatic N) is 1. The van der Waals surface area contributed by atoms with Gasteiger partial charge in [0, 0.05) is 29.4 Å². The lowest BCUT2D eigenvalue weighted by atomic mass is 10.4. The molecule has 134 valence electrons. The molecule has 0 aliphatic carbocycles. The SMILES string of the molecule is CCNC(=NCc1ccc(C)s1)NCCCNS(=O)(=O)CC.I. The van der Waals surface area contributed by atoms with Crippen LogP contribution in [0.25, 0.3) is 0 Å². The van der Waals surface area contributed by atoms with E-state index >= 15 is 0 Å². The van der Waals surface area contributed by atoms with E-state index in [1.807, 2.05) is 6.92 Å². The van der Waals surface area contributed by atoms with Gasteiger partial charge < -0.3 is 10.6 Å². The van der Waals surface area contributed by atoms with Gasteiger partial charge in [0.05, 0.1) is 12.3 Å². The van der Waals surface area contributed by atoms with Gasteiger partial charge in [-0.2, -0.15) is 0 Å². The predicted octanol–water partition coefficient (Wildman–Crippen LogP) is 2.06. The molecule has 0 spiro atoms. The highest BCUT2D eigenvalue weighted by Crippen LogP contribution is 2.15. The van der Waals surface area contributed by atoms with Crippen molar-refractivity contribution >= 4 is 51.3 Å². The third-order valence-corrected chi connectivity index (χ3v) is 5.27. The third-order valence-electron chi connectivity index (χ3n) is 2.88. The number of hydrogen-bond acceptors (Lipinski definition) is 4. The molecule has 0 fully saturated rings. The fourth-order valence-electron chi connectivity index (χ4n) is 1.69. The number of guanidine groups is 1. The van der Waals surface area contributed by atoms with Crippen molar-refractivity contribution in [3.8, 4) is 0 Å². The van der Waals surface area contributed by atoms with Gasteiger partial charge >= 0.3 is 0 Å². The molecule has 0 radical (unpaired) electrons. The van der Waals surface area contributed by atoms with Crippen LogP contribution < -0.4 is 15.4 Å². The molecular weight excluding hydrogens is 447 g/mol. The Morgan fingerprint density at radius 2 is 1.96 bits per heavy atom. The molecule has 0 aromatic carbocycles. The first-order valence-electron chi connectivity index (χ1n) is 7.51. The second-order valence-corrected chi connectivity index (χ2v) is 8.25. The first kappa shape index (κ1) is 22.6. The average molecular weight is 474 g/mol. The zero-order valence-corrected chi connectivity index (χ0v) is 17.8. The molecule has 1 rings (SSSR count). The molecule has 0 aliphatic rings. The zero-order valence-electron chi connectivity index (χ0n) is 13.9. The summed E-state index contributed by atoms with van der Waals surface area (Å²) in [5.41, 5.74) is 0. The number of hydrogen-bond donors (Lipinski definition) is 3. The summed E-state index contributed by atoms with van der Waals surface area (Å²) >= 11 is 1.75. The monoisotopic (exact) mass is 474 g/mol. The minimum absolute atomic E-state index is 0. The maximum Gasteiger partial charge on any atom is 0.211 e. The molecule has 1 heterocycles. The van der Waals surface area contributed by atoms with Crippen LogP contribution in [-0.4, -0.2) is 39.8 Å². The van der Waals surface area contributed by atoms with E-state index in [0.29, 0.717) is 26.1 Å². The van der Waals surface area contributed by atoms with E-state index in [1.165, 1.54) is 9.75 Å². The molecule has 0 saturated carbocycles. The van der Waals surface area contributed by atoms with E-state index in [9.17, 15) is 8.42 Å². The predicted molar refractivity (Wildman–Crippen MR) is 109 cm³/mol. The van der Waals surface area contributed by atoms with Crippen LogP contribution in [0.3, 0.4) is 0 Å². The second kappa shape index (κ2) is 12.0. The number of aliphatic imine (C=N–C) groups is 1. The highest BCUT2D eigenvalue weighted by Gasteiger charge is 2.04. The van der Waals surface area contributed by atoms with Crippen molar-refractivity contribution in [2.75, 3.05) is 25.4 Å². The van der Waals surface area contributed by atoms with Crippen LogP contribution in [-0.2, 0) is 16.6 Å². The summed E-state index contributed by atoms with van der Waals surface area (Å²) in [6, 6.07) is 4.18. The normalized spacial score (nSPS) is 11.9. The average Bonchev–Trinajstić information content (AvgIpc) is 2.90. The molecule has 0 unspecified atom stereocenters. The summed E-state index contributed by atoms with van der Waals surface area (Å²) in [4.78, 5) is 7.04. The summed E-state index contributed by atoms with van der Waals surface area (Å²) in [5, 5.41) is 6.39. The number of rotatable bonds is 9. The van der Waals surface area contributed by atoms with Crippen LogP contribution in [0.15, 0.2) is 17.1 Å². The van der Waals surface area contributed by atoms with Gasteiger partial charge in [-0.3, -0.25) is 0 Å². The van der Waals surface area contributed by atoms with Gasteiger partial charge in [-0.05, 0) is 39.3 Å². The Labute approximate surface area is 160 Å². The lowest BCUT2D eigenvalue weighted by molar-refractivity contribution is 0.579. The smallest absolute Gasteiger partial charge is 0.211 e. The molecule has 0 amide bonds. The van der Waals surface area contributed by atoms with Gasteiger partial charge in [0.2, 0.25) is 10.0 Å². The molecule has 1 aromatic heterocycles. The van der Waals surface area contributed by atoms with Gasteiger partial charge in [0.15, 0.2) is 5.96 Å². The Bertz CT molecular complexity index is 573. The molecular formula is C14H27IN4O2S2. The Kier molecular flexibility index (Phi) is 11.8. The largest absolute Gasteiger partial charge is 0.357 e. The summed E-state index contributed by atoms with van der Waals surface area (Å²) in [6.45, 7) is 8.27. The number of nitrogens with one attached hydrogen (secondary N) is 3. The van der Waals surface area contributed by atoms with Crippen LogP contribution in [0.1, 0.15) is 30.0 Å². The minimum atomic E-state index is -3.10. The summed E-state index contributed by atoms with van der Waals surface area (Å²) < 4.78 is 25.1. The fourth-order valence-corrected chi connectivity index (χ4v) is 3.17. The summed E-state index contributed by atoms with van der Waals surface area (Å²) in [5.74, 6) is 0.872. The van der Waals surface area contributed by atoms with Gasteiger partial charge in [-0.15, -0.1) is 35.3 Å². The van der Waals surface area contributed by atoms with Crippen LogP contribution in [0, 0.1) is 6.92 Å². The quantitative estimate of drug-likeness (QED) is 0.222. The standard InChI is InChI=1S/C14H26N4O2S2.HI/c1-4-15-14(17-11-13-8-7-12(3)21-13)16-9-6-10-18-22(19,20)5-2;/h7-8,18H,4-6,9-11H2,1-3H3,(H2,15,16,17);1H. The van der Waals surface area contributed by atoms with Crippen molar-refractivity contribution in [2.45, 2.75) is 33.7 Å². The third kappa shape index (κ3) is 10.2. The van der Waals surface area contributed by atoms with Gasteiger partial charge in [0.1, 0.15) is 0 Å². The molecule has 1 aromatic rings. The first-order valence-corrected chi connectivity index (χ1v) is 9.98. The van der Waals surface area contributed by atoms with Gasteiger partial charge in [-0.1, -0.05) is 0 Å². The van der Waals surface area contributed by atoms with Crippen LogP contribution in [0.5, 0.6) is 0 Å². The molecule has 0 aliphatic heterocycles. The van der Waals surface area contributed by atoms with E-state index in [0.717, 1.165) is 12.5 Å². The molecule has 9 heteroatoms. The van der Waals surface area contributed by atoms with Crippen LogP contribution in [0.4, 0.5) is 0 Å². The Morgan fingerprint density at radius 1 is 1.22 bits per heavy atom. The topological polar surface area (TPSA) is 82.6 Å². The number of halogens is 1. The van der Waals surface area contributed by atoms with Crippen molar-refractivity contribution in [3.63, 3.8) is 0 Å². The lowest BCUT2D eigenvalue weighted by Crippen LogP contribution is -2.38. The second-order valence-electron chi connectivity index (χ2n) is 4.79. The Balaban J connectivity index is 0.00000484. The van der Waals surface area contributed by atoms with Crippen molar-refractivity contribution in [2.24, 2.45) is 4.99 Å². The van der Waals surface area contributed by atoms with E-state index < -0.39 is 10.0 Å². The van der Waals surface area contributed by atoms with Crippen molar-refractivity contribution in [3.05, 3.63) is 21.9 Å². The highest BCUT2D eigenvalue weighted by molar-refractivity contribution is 14.0. The molecule has 23 heavy (non-hydrogen) atoms. The summed E-state index contributed by atoms with van der Waals surface area (Å²) in [6.07, 6.45) is 0.710. The molecule has 0 saturated heterocycles. The van der Waals surface area contributed by atoms with Gasteiger partial charge in [-0.25, -0.2) is 18.1 Å². The number of thiophene rings is 1. The maximum atomic E-state index is 11.3. The molecule has 0 bridgehead atoms. The van der Waals surface area contributed by atoms with E-state index in [1.54, 1.807) is 18.3 Å². The summed E-state index contributed by atoms with van der Waals surface area (Å²) in [7, 11) is -3.10. The van der Waals surface area contributed by atoms with Crippen molar-refractivity contribution < 1.29 is 8.42 Å². The molecule has 3 N–H and O–H groups in total. The van der Waals surface area contributed by atoms with Crippen molar-refractivity contribution in [1.29, 1.82) is 0 Å². The molecule has 0 atom stereocenters.